The first-order chi connectivity index (χ1) is 7.76. The van der Waals surface area contributed by atoms with Crippen LogP contribution in [0.5, 0.6) is 5.75 Å². The van der Waals surface area contributed by atoms with Crippen LogP contribution in [0.25, 0.3) is 0 Å². The number of carbonyl (C=O) groups excluding carboxylic acids is 1. The van der Waals surface area contributed by atoms with Crippen LogP contribution in [-0.4, -0.2) is 24.9 Å². The average Bonchev–Trinajstić information content (AvgIpc) is 2.20. The predicted molar refractivity (Wildman–Crippen MR) is 61.3 cm³/mol. The van der Waals surface area contributed by atoms with Crippen molar-refractivity contribution >= 4 is 15.8 Å². The van der Waals surface area contributed by atoms with Gasteiger partial charge in [-0.25, -0.2) is 8.42 Å². The quantitative estimate of drug-likeness (QED) is 0.828. The minimum absolute atomic E-state index is 0.0359. The maximum Gasteiger partial charge on any atom is 0.303 e. The van der Waals surface area contributed by atoms with Gasteiger partial charge in [-0.15, -0.1) is 0 Å². The number of aromatic hydroxyl groups is 1. The fraction of sp³-hybridized carbons (Fsp3) is 0.364. The van der Waals surface area contributed by atoms with Gasteiger partial charge < -0.3 is 9.84 Å². The Morgan fingerprint density at radius 3 is 2.53 bits per heavy atom. The van der Waals surface area contributed by atoms with Crippen LogP contribution in [0.2, 0.25) is 0 Å². The highest BCUT2D eigenvalue weighted by Crippen LogP contribution is 2.26. The Kier molecular flexibility index (Phi) is 3.77. The third-order valence-corrected chi connectivity index (χ3v) is 4.36. The third kappa shape index (κ3) is 2.76. The summed E-state index contributed by atoms with van der Waals surface area (Å²) in [6.45, 7) is 3.91. The number of benzene rings is 1. The van der Waals surface area contributed by atoms with Crippen molar-refractivity contribution in [2.75, 3.05) is 0 Å². The van der Waals surface area contributed by atoms with Crippen molar-refractivity contribution < 1.29 is 23.1 Å². The van der Waals surface area contributed by atoms with Crippen molar-refractivity contribution in [3.8, 4) is 5.75 Å². The molecule has 1 N–H and O–H groups in total. The number of sulfone groups is 1. The van der Waals surface area contributed by atoms with Gasteiger partial charge in [0, 0.05) is 12.5 Å². The van der Waals surface area contributed by atoms with Gasteiger partial charge in [0.2, 0.25) is 15.3 Å². The predicted octanol–water partition coefficient (Wildman–Crippen LogP) is 1.38. The van der Waals surface area contributed by atoms with E-state index in [9.17, 15) is 18.3 Å². The smallest absolute Gasteiger partial charge is 0.303 e. The van der Waals surface area contributed by atoms with Crippen LogP contribution in [-0.2, 0) is 19.4 Å². The van der Waals surface area contributed by atoms with Crippen LogP contribution in [0.4, 0.5) is 0 Å². The van der Waals surface area contributed by atoms with E-state index >= 15 is 0 Å². The summed E-state index contributed by atoms with van der Waals surface area (Å²) in [5, 5.41) is 9.45. The van der Waals surface area contributed by atoms with Crippen molar-refractivity contribution in [3.63, 3.8) is 0 Å². The lowest BCUT2D eigenvalue weighted by atomic mass is 10.2. The Bertz CT molecular complexity index is 533. The lowest BCUT2D eigenvalue weighted by Crippen LogP contribution is -2.24. The molecule has 0 aliphatic rings. The van der Waals surface area contributed by atoms with E-state index < -0.39 is 21.2 Å². The Labute approximate surface area is 100.0 Å². The van der Waals surface area contributed by atoms with Crippen LogP contribution in [0, 0.1) is 6.92 Å². The molecule has 0 spiro atoms. The van der Waals surface area contributed by atoms with E-state index in [-0.39, 0.29) is 16.2 Å². The molecule has 5 nitrogen and oxygen atoms in total. The summed E-state index contributed by atoms with van der Waals surface area (Å²) in [5.74, 6) is -0.778. The first kappa shape index (κ1) is 13.5. The van der Waals surface area contributed by atoms with Crippen molar-refractivity contribution in [2.45, 2.75) is 31.1 Å². The molecule has 0 heterocycles. The van der Waals surface area contributed by atoms with Gasteiger partial charge in [-0.05, 0) is 26.0 Å². The molecule has 1 atom stereocenters. The van der Waals surface area contributed by atoms with Crippen molar-refractivity contribution in [1.29, 1.82) is 0 Å². The fourth-order valence-corrected chi connectivity index (χ4v) is 2.81. The lowest BCUT2D eigenvalue weighted by Gasteiger charge is -2.15. The molecule has 1 unspecified atom stereocenters. The Hall–Kier alpha value is -1.56. The second-order valence-electron chi connectivity index (χ2n) is 3.62. The van der Waals surface area contributed by atoms with Crippen LogP contribution < -0.4 is 0 Å². The monoisotopic (exact) mass is 258 g/mol. The molecular weight excluding hydrogens is 244 g/mol. The second-order valence-corrected chi connectivity index (χ2v) is 5.82. The summed E-state index contributed by atoms with van der Waals surface area (Å²) in [6.07, 6.45) is 0. The number of ether oxygens (including phenoxy) is 1. The van der Waals surface area contributed by atoms with Gasteiger partial charge in [0.05, 0.1) is 4.90 Å². The van der Waals surface area contributed by atoms with E-state index in [1.54, 1.807) is 0 Å². The molecule has 1 aromatic carbocycles. The first-order valence-corrected chi connectivity index (χ1v) is 6.51. The molecule has 0 saturated carbocycles. The average molecular weight is 258 g/mol. The highest BCUT2D eigenvalue weighted by molar-refractivity contribution is 7.92. The maximum absolute atomic E-state index is 12.1. The molecule has 0 aromatic heterocycles. The number of phenols is 1. The van der Waals surface area contributed by atoms with Gasteiger partial charge in [-0.3, -0.25) is 4.79 Å². The summed E-state index contributed by atoms with van der Waals surface area (Å²) in [5.41, 5.74) is -1.04. The molecule has 0 bridgehead atoms. The van der Waals surface area contributed by atoms with E-state index in [1.165, 1.54) is 32.0 Å². The van der Waals surface area contributed by atoms with Gasteiger partial charge >= 0.3 is 5.97 Å². The number of carbonyl (C=O) groups is 1. The lowest BCUT2D eigenvalue weighted by molar-refractivity contribution is -0.142. The Balaban J connectivity index is 3.22. The highest BCUT2D eigenvalue weighted by Gasteiger charge is 2.28. The molecule has 1 rings (SSSR count). The topological polar surface area (TPSA) is 80.7 Å². The molecule has 0 aliphatic carbocycles. The molecule has 0 fully saturated rings. The largest absolute Gasteiger partial charge is 0.508 e. The molecule has 17 heavy (non-hydrogen) atoms. The number of hydrogen-bond donors (Lipinski definition) is 1. The zero-order valence-electron chi connectivity index (χ0n) is 9.80. The van der Waals surface area contributed by atoms with Crippen molar-refractivity contribution in [3.05, 3.63) is 23.8 Å². The molecular formula is C11H14O5S. The summed E-state index contributed by atoms with van der Waals surface area (Å²) >= 11 is 0. The summed E-state index contributed by atoms with van der Waals surface area (Å²) in [6, 6.07) is 4.19. The van der Waals surface area contributed by atoms with Gasteiger partial charge in [-0.2, -0.15) is 0 Å². The van der Waals surface area contributed by atoms with Crippen LogP contribution in [0.15, 0.2) is 23.1 Å². The van der Waals surface area contributed by atoms with Crippen LogP contribution in [0.3, 0.4) is 0 Å². The number of phenolic OH excluding ortho intramolecular Hbond substituents is 1. The van der Waals surface area contributed by atoms with E-state index in [4.69, 9.17) is 0 Å². The SMILES string of the molecule is CC(=O)OC(C)S(=O)(=O)c1cccc(O)c1C. The number of hydrogen-bond acceptors (Lipinski definition) is 5. The van der Waals surface area contributed by atoms with E-state index in [1.807, 2.05) is 0 Å². The van der Waals surface area contributed by atoms with Crippen molar-refractivity contribution in [1.82, 2.24) is 0 Å². The third-order valence-electron chi connectivity index (χ3n) is 2.33. The molecule has 0 amide bonds. The first-order valence-electron chi connectivity index (χ1n) is 4.96. The van der Waals surface area contributed by atoms with Gasteiger partial charge in [0.15, 0.2) is 0 Å². The van der Waals surface area contributed by atoms with Gasteiger partial charge in [-0.1, -0.05) is 6.07 Å². The van der Waals surface area contributed by atoms with E-state index in [0.717, 1.165) is 6.92 Å². The van der Waals surface area contributed by atoms with E-state index in [0.29, 0.717) is 0 Å². The molecule has 0 radical (unpaired) electrons. The summed E-state index contributed by atoms with van der Waals surface area (Å²) < 4.78 is 28.8. The highest BCUT2D eigenvalue weighted by atomic mass is 32.2. The van der Waals surface area contributed by atoms with Crippen LogP contribution in [0.1, 0.15) is 19.4 Å². The normalized spacial score (nSPS) is 13.1. The zero-order chi connectivity index (χ0) is 13.2. The molecule has 94 valence electrons. The minimum Gasteiger partial charge on any atom is -0.508 e. The fourth-order valence-electron chi connectivity index (χ4n) is 1.39. The van der Waals surface area contributed by atoms with Crippen LogP contribution >= 0.6 is 0 Å². The second kappa shape index (κ2) is 4.75. The Morgan fingerprint density at radius 2 is 2.00 bits per heavy atom. The van der Waals surface area contributed by atoms with E-state index in [2.05, 4.69) is 4.74 Å². The summed E-state index contributed by atoms with van der Waals surface area (Å²) in [4.78, 5) is 10.7. The maximum atomic E-state index is 12.1. The van der Waals surface area contributed by atoms with Gasteiger partial charge in [0.25, 0.3) is 0 Å². The number of rotatable bonds is 3. The summed E-state index contributed by atoms with van der Waals surface area (Å²) in [7, 11) is -3.79. The number of esters is 1. The van der Waals surface area contributed by atoms with Gasteiger partial charge in [0.1, 0.15) is 5.75 Å². The minimum atomic E-state index is -3.79. The molecule has 0 saturated heterocycles. The molecule has 1 aromatic rings. The standard InChI is InChI=1S/C11H14O5S/c1-7-10(13)5-4-6-11(7)17(14,15)9(3)16-8(2)12/h4-6,9,13H,1-3H3. The molecule has 0 aliphatic heterocycles. The molecule has 6 heteroatoms. The Morgan fingerprint density at radius 1 is 1.41 bits per heavy atom. The zero-order valence-corrected chi connectivity index (χ0v) is 10.6. The van der Waals surface area contributed by atoms with Crippen molar-refractivity contribution in [2.24, 2.45) is 0 Å².